The Balaban J connectivity index is 1.27. The first-order chi connectivity index (χ1) is 58.3. The van der Waals surface area contributed by atoms with Crippen LogP contribution in [0.2, 0.25) is 0 Å². The van der Waals surface area contributed by atoms with Crippen molar-refractivity contribution in [2.75, 3.05) is 49.8 Å². The van der Waals surface area contributed by atoms with Crippen LogP contribution in [0.15, 0.2) is 103 Å². The zero-order valence-corrected chi connectivity index (χ0v) is 70.9. The highest BCUT2D eigenvalue weighted by molar-refractivity contribution is 8.00. The van der Waals surface area contributed by atoms with Gasteiger partial charge in [-0.2, -0.15) is 11.8 Å². The van der Waals surface area contributed by atoms with Gasteiger partial charge in [-0.05, 0) is 115 Å². The lowest BCUT2D eigenvalue weighted by molar-refractivity contribution is -0.141. The van der Waals surface area contributed by atoms with E-state index in [-0.39, 0.29) is 83.1 Å². The van der Waals surface area contributed by atoms with E-state index in [0.29, 0.717) is 63.5 Å². The minimum absolute atomic E-state index is 0.0101. The number of unbranched alkanes of at least 4 members (excludes halogenated alkanes) is 2. The van der Waals surface area contributed by atoms with Crippen molar-refractivity contribution in [2.24, 2.45) is 29.0 Å². The number of nitrogens with two attached hydrogens (primary N) is 3. The maximum Gasteiger partial charge on any atom is 0.305 e. The standard InChI is InChI=1S/C83H116N20O17S2/c1-7-9-23-57-74(112)94-58(26-16-17-31-84)75(113)97-62(37-51-40-90-55-25-15-13-22-53(51)55)80(118)102-69(45(3)4)81(119)101-65(71(85)109)43-122-44-67(106)93-59(30-33-121-6)76(114)96-60(35-47-28-29-48-19-10-11-20-49(48)34-47)79(117)103-70(46(5)8-2)82(120)100-64(42-104)72(110)91-41-66(105)92-56(27-18-32-88-83(86)87)73(111)99-63(38-68(107)108)78(116)98-61(77(115)95-57)36-50-39-89-54-24-14-12-21-52(50)54/h10-15,19-22,24-25,28-29,34,39-40,45-46,56-65,69-70,89-90,104H,7-9,16-18,23,26-27,30-33,35-38,41-44,84H2,1-6H3,(H2,85,109)(H,91,110)(H,92,105)(H,93,106)(H,94,112)(H,95,115)(H,96,114)(H,97,113)(H,98,116)(H,99,111)(H,100,120)(H,101,119)(H,102,118)(H,103,117)(H,107,108)(H4,86,87,88)/t46-,56-,57-,58+,59-,60-,61-,62-,63-,64-,65-,69-,70+/m0/s1. The van der Waals surface area contributed by atoms with Crippen molar-refractivity contribution in [3.05, 3.63) is 120 Å². The molecule has 0 radical (unpaired) electrons. The monoisotopic (exact) mass is 1730 g/mol. The van der Waals surface area contributed by atoms with E-state index in [0.717, 1.165) is 22.5 Å². The Bertz CT molecular complexity index is 4660. The summed E-state index contributed by atoms with van der Waals surface area (Å²) in [5.74, 6) is -17.2. The summed E-state index contributed by atoms with van der Waals surface area (Å²) >= 11 is 2.23. The van der Waals surface area contributed by atoms with Crippen LogP contribution in [0, 0.1) is 17.2 Å². The molecule has 0 aliphatic carbocycles. The molecule has 0 unspecified atom stereocenters. The van der Waals surface area contributed by atoms with Crippen LogP contribution in [0.5, 0.6) is 0 Å². The number of aromatic amines is 2. The van der Waals surface area contributed by atoms with Gasteiger partial charge in [0.2, 0.25) is 82.7 Å². The minimum Gasteiger partial charge on any atom is -0.481 e. The van der Waals surface area contributed by atoms with E-state index in [1.165, 1.54) is 11.8 Å². The predicted molar refractivity (Wildman–Crippen MR) is 463 cm³/mol. The molecule has 4 aromatic carbocycles. The third kappa shape index (κ3) is 30.1. The number of aliphatic hydroxyl groups is 1. The first kappa shape index (κ1) is 97.3. The van der Waals surface area contributed by atoms with E-state index < -0.39 is 204 Å². The number of guanidine groups is 1. The van der Waals surface area contributed by atoms with Gasteiger partial charge < -0.3 is 112 Å². The summed E-state index contributed by atoms with van der Waals surface area (Å²) in [6, 6.07) is 8.33. The van der Waals surface area contributed by atoms with Crippen LogP contribution < -0.4 is 91.6 Å². The second-order valence-corrected chi connectivity index (χ2v) is 32.5. The first-order valence-corrected chi connectivity index (χ1v) is 43.3. The van der Waals surface area contributed by atoms with Crippen LogP contribution in [-0.2, 0) is 91.2 Å². The second kappa shape index (κ2) is 49.2. The molecule has 0 spiro atoms. The van der Waals surface area contributed by atoms with Crippen LogP contribution in [0.3, 0.4) is 0 Å². The third-order valence-electron chi connectivity index (χ3n) is 20.8. The summed E-state index contributed by atoms with van der Waals surface area (Å²) in [6.07, 6.45) is 4.53. The molecule has 3 heterocycles. The number of benzene rings is 4. The lowest BCUT2D eigenvalue weighted by Crippen LogP contribution is -2.61. The average molecular weight is 1730 g/mol. The summed E-state index contributed by atoms with van der Waals surface area (Å²) in [7, 11) is 0. The van der Waals surface area contributed by atoms with Crippen molar-refractivity contribution in [1.29, 1.82) is 5.41 Å². The number of thioether (sulfide) groups is 2. The molecule has 2 aromatic heterocycles. The fourth-order valence-corrected chi connectivity index (χ4v) is 15.1. The maximum atomic E-state index is 15.2. The van der Waals surface area contributed by atoms with Crippen LogP contribution in [0.25, 0.3) is 32.6 Å². The molecule has 14 amide bonds. The number of rotatable bonds is 27. The first-order valence-electron chi connectivity index (χ1n) is 40.8. The Morgan fingerprint density at radius 3 is 1.54 bits per heavy atom. The molecule has 0 saturated carbocycles. The van der Waals surface area contributed by atoms with Crippen molar-refractivity contribution in [3.8, 4) is 0 Å². The Kier molecular flexibility index (Phi) is 39.2. The number of carbonyl (C=O) groups excluding carboxylic acids is 14. The Morgan fingerprint density at radius 2 is 1.00 bits per heavy atom. The number of aliphatic hydroxyl groups excluding tert-OH is 1. The summed E-state index contributed by atoms with van der Waals surface area (Å²) in [4.78, 5) is 223. The Hall–Kier alpha value is -11.8. The molecule has 13 atom stereocenters. The van der Waals surface area contributed by atoms with E-state index in [4.69, 9.17) is 22.6 Å². The van der Waals surface area contributed by atoms with Crippen LogP contribution in [0.1, 0.15) is 122 Å². The minimum atomic E-state index is -2.00. The summed E-state index contributed by atoms with van der Waals surface area (Å²) < 4.78 is 0. The smallest absolute Gasteiger partial charge is 0.305 e. The van der Waals surface area contributed by atoms with Gasteiger partial charge >= 0.3 is 5.97 Å². The van der Waals surface area contributed by atoms with Gasteiger partial charge in [0.15, 0.2) is 5.96 Å². The van der Waals surface area contributed by atoms with Gasteiger partial charge in [0.1, 0.15) is 72.5 Å². The molecule has 6 aromatic rings. The number of carboxylic acids is 1. The second-order valence-electron chi connectivity index (χ2n) is 30.5. The predicted octanol–water partition coefficient (Wildman–Crippen LogP) is -0.499. The SMILES string of the molecule is CCCC[C@@H]1NC(=O)[C@H](Cc2c[nH]c3ccccc23)NC(=O)[C@H](CC(=O)O)NC(=O)[C@H](CCCNC(=N)N)NC(=O)CNC(=O)[C@H](CO)NC(=O)[C@@H]([C@@H](C)CC)NC(=O)[C@H](Cc2ccc3ccccc3c2)NC(=O)[C@H](CCSC)NC(=O)CSC[C@@H](C(N)=O)NC(=O)[C@H](C(C)C)NC(=O)[C@H](Cc2c[nH]c3ccccc23)NC(=O)[C@@H](CCCCN)NC1=O. The number of amides is 14. The van der Waals surface area contributed by atoms with Crippen LogP contribution in [-0.4, -0.2) is 237 Å². The quantitative estimate of drug-likeness (QED) is 0.0176. The van der Waals surface area contributed by atoms with E-state index in [9.17, 15) is 63.0 Å². The van der Waals surface area contributed by atoms with Crippen molar-refractivity contribution >= 4 is 151 Å². The largest absolute Gasteiger partial charge is 0.481 e. The zero-order valence-electron chi connectivity index (χ0n) is 69.3. The molecule has 0 bridgehead atoms. The number of aromatic nitrogens is 2. The van der Waals surface area contributed by atoms with Gasteiger partial charge in [0.25, 0.3) is 0 Å². The lowest BCUT2D eigenvalue weighted by Gasteiger charge is -2.29. The molecular formula is C83H116N20O17S2. The van der Waals surface area contributed by atoms with Crippen LogP contribution >= 0.6 is 23.5 Å². The lowest BCUT2D eigenvalue weighted by atomic mass is 9.96. The zero-order chi connectivity index (χ0) is 89.1. The van der Waals surface area contributed by atoms with Crippen LogP contribution in [0.4, 0.5) is 0 Å². The molecule has 1 aliphatic rings. The fraction of sp³-hybridized carbons (Fsp3) is 0.494. The molecule has 662 valence electrons. The van der Waals surface area contributed by atoms with E-state index in [2.05, 4.69) is 84.4 Å². The highest BCUT2D eigenvalue weighted by atomic mass is 32.2. The highest BCUT2D eigenvalue weighted by Crippen LogP contribution is 2.24. The summed E-state index contributed by atoms with van der Waals surface area (Å²) in [5, 5.41) is 68.2. The molecule has 1 saturated heterocycles. The normalized spacial score (nSPS) is 23.1. The highest BCUT2D eigenvalue weighted by Gasteiger charge is 2.39. The summed E-state index contributed by atoms with van der Waals surface area (Å²) in [5.41, 5.74) is 20.3. The van der Waals surface area contributed by atoms with Crippen molar-refractivity contribution in [1.82, 2.24) is 84.4 Å². The number of hydrogen-bond donors (Lipinski definition) is 22. The van der Waals surface area contributed by atoms with Gasteiger partial charge in [0.05, 0.1) is 25.3 Å². The molecular weight excluding hydrogens is 1610 g/mol. The Morgan fingerprint density at radius 1 is 0.525 bits per heavy atom. The van der Waals surface area contributed by atoms with Gasteiger partial charge in [-0.15, -0.1) is 11.8 Å². The molecule has 1 fully saturated rings. The summed E-state index contributed by atoms with van der Waals surface area (Å²) in [6.45, 7) is 6.54. The van der Waals surface area contributed by atoms with Gasteiger partial charge in [-0.1, -0.05) is 133 Å². The number of fused-ring (bicyclic) bond motifs is 3. The van der Waals surface area contributed by atoms with Gasteiger partial charge in [-0.3, -0.25) is 77.3 Å². The number of carboxylic acid groups (broad SMARTS) is 1. The van der Waals surface area contributed by atoms with E-state index in [1.807, 2.05) is 43.3 Å². The van der Waals surface area contributed by atoms with Gasteiger partial charge in [0, 0.05) is 65.8 Å². The fourth-order valence-electron chi connectivity index (χ4n) is 13.7. The maximum absolute atomic E-state index is 15.2. The number of aliphatic carboxylic acids is 1. The molecule has 25 N–H and O–H groups in total. The molecule has 37 nitrogen and oxygen atoms in total. The molecule has 39 heteroatoms. The molecule has 7 rings (SSSR count). The van der Waals surface area contributed by atoms with Crippen molar-refractivity contribution in [2.45, 2.75) is 197 Å². The molecule has 1 aliphatic heterocycles. The molecule has 122 heavy (non-hydrogen) atoms. The van der Waals surface area contributed by atoms with E-state index >= 15 is 19.2 Å². The topological polar surface area (TPSA) is 598 Å². The average Bonchev–Trinajstić information content (AvgIpc) is 1.59. The van der Waals surface area contributed by atoms with Crippen molar-refractivity contribution < 1.29 is 82.1 Å². The van der Waals surface area contributed by atoms with E-state index in [1.54, 1.807) is 101 Å². The number of carbonyl (C=O) groups is 15. The third-order valence-corrected chi connectivity index (χ3v) is 22.5. The Labute approximate surface area is 714 Å². The number of primary amides is 1. The number of nitrogens with one attached hydrogen (secondary N) is 17. The number of H-pyrrole nitrogens is 2. The van der Waals surface area contributed by atoms with Crippen molar-refractivity contribution in [3.63, 3.8) is 0 Å². The number of para-hydroxylation sites is 2. The van der Waals surface area contributed by atoms with Gasteiger partial charge in [-0.25, -0.2) is 0 Å². The number of hydrogen-bond acceptors (Lipinski definition) is 20.